The molecule has 1 fully saturated rings. The molecule has 1 N–H and O–H groups in total. The van der Waals surface area contributed by atoms with E-state index in [1.807, 2.05) is 0 Å². The molecule has 3 atom stereocenters. The van der Waals surface area contributed by atoms with Crippen molar-refractivity contribution in [3.05, 3.63) is 12.2 Å². The molecule has 0 spiro atoms. The molecular weight excluding hydrogens is 418 g/mol. The summed E-state index contributed by atoms with van der Waals surface area (Å²) in [4.78, 5) is 19.1. The summed E-state index contributed by atoms with van der Waals surface area (Å²) in [6.45, 7) is 2.36. The van der Waals surface area contributed by atoms with Crippen LogP contribution >= 0.6 is 7.82 Å². The van der Waals surface area contributed by atoms with Gasteiger partial charge in [0.2, 0.25) is 0 Å². The monoisotopic (exact) mass is 458 g/mol. The van der Waals surface area contributed by atoms with E-state index in [1.54, 1.807) is 0 Å². The van der Waals surface area contributed by atoms with Gasteiger partial charge < -0.3 is 23.8 Å². The molecule has 6 nitrogen and oxygen atoms in total. The van der Waals surface area contributed by atoms with Gasteiger partial charge in [-0.2, -0.15) is 0 Å². The fourth-order valence-electron chi connectivity index (χ4n) is 3.31. The van der Waals surface area contributed by atoms with E-state index in [2.05, 4.69) is 23.6 Å². The van der Waals surface area contributed by atoms with E-state index in [0.29, 0.717) is 6.61 Å². The molecule has 0 bridgehead atoms. The van der Waals surface area contributed by atoms with Gasteiger partial charge in [-0.25, -0.2) is 0 Å². The van der Waals surface area contributed by atoms with E-state index in [1.165, 1.54) is 70.6 Å². The minimum absolute atomic E-state index is 0. The molecule has 1 heterocycles. The summed E-state index contributed by atoms with van der Waals surface area (Å²) in [6.07, 6.45) is 21.2. The molecule has 1 aliphatic heterocycles. The fourth-order valence-corrected chi connectivity index (χ4v) is 3.66. The van der Waals surface area contributed by atoms with Gasteiger partial charge in [-0.05, 0) is 38.5 Å². The number of phosphoric ester groups is 1. The second-order valence-electron chi connectivity index (χ2n) is 7.66. The maximum atomic E-state index is 10.6. The predicted octanol–water partition coefficient (Wildman–Crippen LogP) is 2.25. The summed E-state index contributed by atoms with van der Waals surface area (Å²) in [6, 6.07) is 0. The minimum atomic E-state index is -4.68. The van der Waals surface area contributed by atoms with Crippen LogP contribution in [0.4, 0.5) is 0 Å². The summed E-state index contributed by atoms with van der Waals surface area (Å²) in [7, 11) is -4.68. The molecule has 0 amide bonds. The Bertz CT molecular complexity index is 443. The second kappa shape index (κ2) is 20.0. The van der Waals surface area contributed by atoms with Crippen LogP contribution in [0.15, 0.2) is 12.2 Å². The summed E-state index contributed by atoms with van der Waals surface area (Å²) in [5, 5.41) is 0. The first kappa shape index (κ1) is 30.4. The molecule has 0 aromatic rings. The average Bonchev–Trinajstić information content (AvgIpc) is 3.10. The van der Waals surface area contributed by atoms with Gasteiger partial charge in [0.1, 0.15) is 6.10 Å². The number of ether oxygens (including phenoxy) is 2. The Hall–Kier alpha value is 1.41. The van der Waals surface area contributed by atoms with E-state index in [0.717, 1.165) is 19.3 Å². The summed E-state index contributed by atoms with van der Waals surface area (Å²) in [5.74, 6) is 0. The molecule has 0 aromatic carbocycles. The van der Waals surface area contributed by atoms with Gasteiger partial charge in [-0.1, -0.05) is 70.4 Å². The Labute approximate surface area is 220 Å². The van der Waals surface area contributed by atoms with E-state index in [4.69, 9.17) is 14.4 Å². The quantitative estimate of drug-likeness (QED) is 0.147. The van der Waals surface area contributed by atoms with Crippen LogP contribution in [0.25, 0.3) is 0 Å². The zero-order valence-electron chi connectivity index (χ0n) is 18.6. The summed E-state index contributed by atoms with van der Waals surface area (Å²) in [5.41, 5.74) is 0. The van der Waals surface area contributed by atoms with Gasteiger partial charge in [0.25, 0.3) is 7.82 Å². The zero-order chi connectivity index (χ0) is 20.5. The molecule has 166 valence electrons. The van der Waals surface area contributed by atoms with Crippen LogP contribution in [-0.4, -0.2) is 30.5 Å². The number of allylic oxidation sites excluding steroid dienone is 2. The summed E-state index contributed by atoms with van der Waals surface area (Å²) >= 11 is 0. The van der Waals surface area contributed by atoms with Crippen LogP contribution in [0, 0.1) is 0 Å². The SMILES string of the molecule is CCCCCCC/C=C/CCCCCCCC[C@H]1OC[C@@H](COP(=O)([O-])O)O1.[K+]. The molecular formula is C21H40KO6P. The van der Waals surface area contributed by atoms with Crippen molar-refractivity contribution in [2.75, 3.05) is 13.2 Å². The Morgan fingerprint density at radius 1 is 1.00 bits per heavy atom. The molecule has 0 radical (unpaired) electrons. The van der Waals surface area contributed by atoms with Gasteiger partial charge in [0.05, 0.1) is 13.2 Å². The number of rotatable bonds is 18. The number of hydrogen-bond donors (Lipinski definition) is 1. The third kappa shape index (κ3) is 19.8. The molecule has 0 aromatic heterocycles. The third-order valence-electron chi connectivity index (χ3n) is 4.94. The molecule has 1 unspecified atom stereocenters. The van der Waals surface area contributed by atoms with Crippen LogP contribution in [-0.2, 0) is 18.6 Å². The van der Waals surface area contributed by atoms with Gasteiger partial charge in [0.15, 0.2) is 6.29 Å². The Morgan fingerprint density at radius 2 is 1.55 bits per heavy atom. The first-order chi connectivity index (χ1) is 13.5. The van der Waals surface area contributed by atoms with Crippen molar-refractivity contribution in [1.29, 1.82) is 0 Å². The first-order valence-corrected chi connectivity index (χ1v) is 12.6. The predicted molar refractivity (Wildman–Crippen MR) is 110 cm³/mol. The normalized spacial score (nSPS) is 21.3. The van der Waals surface area contributed by atoms with Gasteiger partial charge >= 0.3 is 51.4 Å². The zero-order valence-corrected chi connectivity index (χ0v) is 22.6. The van der Waals surface area contributed by atoms with Crippen LogP contribution < -0.4 is 56.3 Å². The standard InChI is InChI=1S/C21H41O6P.K/c1-2-3-4-5-6-7-8-9-10-11-12-13-14-15-16-17-21-25-18-20(27-21)19-26-28(22,23)24;/h8-9,20-21H,2-7,10-19H2,1H3,(H2,22,23,24);/q;+1/p-1/b9-8+;/t20-,21-;/m0./s1. The van der Waals surface area contributed by atoms with Crippen molar-refractivity contribution in [3.63, 3.8) is 0 Å². The fraction of sp³-hybridized carbons (Fsp3) is 0.905. The maximum Gasteiger partial charge on any atom is 1.00 e. The van der Waals surface area contributed by atoms with E-state index < -0.39 is 13.9 Å². The molecule has 0 aliphatic carbocycles. The van der Waals surface area contributed by atoms with Gasteiger partial charge in [-0.3, -0.25) is 4.57 Å². The van der Waals surface area contributed by atoms with Crippen molar-refractivity contribution in [2.45, 2.75) is 109 Å². The molecule has 1 saturated heterocycles. The molecule has 29 heavy (non-hydrogen) atoms. The van der Waals surface area contributed by atoms with Crippen molar-refractivity contribution in [3.8, 4) is 0 Å². The number of unbranched alkanes of at least 4 members (excludes halogenated alkanes) is 11. The van der Waals surface area contributed by atoms with Crippen LogP contribution in [0.5, 0.6) is 0 Å². The van der Waals surface area contributed by atoms with E-state index in [-0.39, 0.29) is 64.3 Å². The molecule has 8 heteroatoms. The van der Waals surface area contributed by atoms with E-state index in [9.17, 15) is 9.46 Å². The molecule has 1 aliphatic rings. The maximum absolute atomic E-state index is 10.6. The largest absolute Gasteiger partial charge is 1.00 e. The van der Waals surface area contributed by atoms with Crippen molar-refractivity contribution >= 4 is 7.82 Å². The smallest absolute Gasteiger partial charge is 0.756 e. The Balaban J connectivity index is 0.00000784. The van der Waals surface area contributed by atoms with Crippen molar-refractivity contribution < 1.29 is 79.7 Å². The number of hydrogen-bond acceptors (Lipinski definition) is 5. The van der Waals surface area contributed by atoms with Crippen LogP contribution in [0.1, 0.15) is 96.8 Å². The van der Waals surface area contributed by atoms with Crippen LogP contribution in [0.3, 0.4) is 0 Å². The van der Waals surface area contributed by atoms with Crippen molar-refractivity contribution in [2.24, 2.45) is 0 Å². The van der Waals surface area contributed by atoms with E-state index >= 15 is 0 Å². The van der Waals surface area contributed by atoms with Crippen LogP contribution in [0.2, 0.25) is 0 Å². The minimum Gasteiger partial charge on any atom is -0.756 e. The molecule has 1 rings (SSSR count). The first-order valence-electron chi connectivity index (χ1n) is 11.1. The topological polar surface area (TPSA) is 88.1 Å². The Morgan fingerprint density at radius 3 is 2.14 bits per heavy atom. The Kier molecular flexibility index (Phi) is 21.0. The number of phosphoric acid groups is 1. The summed E-state index contributed by atoms with van der Waals surface area (Å²) < 4.78 is 25.9. The third-order valence-corrected chi connectivity index (χ3v) is 5.41. The molecule has 0 saturated carbocycles. The second-order valence-corrected chi connectivity index (χ2v) is 8.85. The van der Waals surface area contributed by atoms with Crippen molar-refractivity contribution in [1.82, 2.24) is 0 Å². The van der Waals surface area contributed by atoms with Gasteiger partial charge in [-0.15, -0.1) is 0 Å². The van der Waals surface area contributed by atoms with Gasteiger partial charge in [0, 0.05) is 0 Å². The average molecular weight is 459 g/mol.